The van der Waals surface area contributed by atoms with Gasteiger partial charge in [0.2, 0.25) is 0 Å². The maximum atomic E-state index is 12.7. The molecule has 3 rings (SSSR count). The highest BCUT2D eigenvalue weighted by Crippen LogP contribution is 2.22. The van der Waals surface area contributed by atoms with E-state index in [0.29, 0.717) is 32.1 Å². The highest BCUT2D eigenvalue weighted by atomic mass is 16.6. The minimum atomic E-state index is -0.477. The molecule has 0 bridgehead atoms. The lowest BCUT2D eigenvalue weighted by Gasteiger charge is -2.33. The van der Waals surface area contributed by atoms with Crippen molar-refractivity contribution in [1.82, 2.24) is 19.0 Å². The molecule has 1 saturated heterocycles. The van der Waals surface area contributed by atoms with E-state index in [2.05, 4.69) is 4.98 Å². The number of carbonyl (C=O) groups excluding carboxylic acids is 1. The van der Waals surface area contributed by atoms with Gasteiger partial charge in [-0.1, -0.05) is 0 Å². The van der Waals surface area contributed by atoms with Crippen LogP contribution in [-0.4, -0.2) is 43.8 Å². The summed E-state index contributed by atoms with van der Waals surface area (Å²) in [5.41, 5.74) is 1.14. The van der Waals surface area contributed by atoms with E-state index < -0.39 is 5.60 Å². The number of likely N-dealkylation sites (tertiary alicyclic amines) is 1. The quantitative estimate of drug-likeness (QED) is 0.844. The fourth-order valence-corrected chi connectivity index (χ4v) is 3.50. The van der Waals surface area contributed by atoms with E-state index in [-0.39, 0.29) is 11.8 Å². The van der Waals surface area contributed by atoms with Gasteiger partial charge in [-0.2, -0.15) is 0 Å². The molecule has 1 fully saturated rings. The number of carbonyl (C=O) groups is 1. The molecule has 3 heterocycles. The minimum absolute atomic E-state index is 0.00391. The first-order valence-corrected chi connectivity index (χ1v) is 9.32. The van der Waals surface area contributed by atoms with Crippen LogP contribution in [0.25, 0.3) is 11.2 Å². The molecule has 2 aromatic rings. The molecule has 0 radical (unpaired) electrons. The lowest BCUT2D eigenvalue weighted by molar-refractivity contribution is 0.0178. The van der Waals surface area contributed by atoms with E-state index in [0.717, 1.165) is 24.0 Å². The zero-order valence-electron chi connectivity index (χ0n) is 16.1. The molecule has 0 aliphatic carbocycles. The van der Waals surface area contributed by atoms with Crippen LogP contribution in [0.2, 0.25) is 0 Å². The molecule has 1 amide bonds. The molecule has 26 heavy (non-hydrogen) atoms. The van der Waals surface area contributed by atoms with Crippen LogP contribution in [0.15, 0.2) is 23.1 Å². The SMILES string of the molecule is CCn1c(=O)n(CC2CCN(C(=O)OC(C)(C)C)CC2)c2ncccc21. The Hall–Kier alpha value is -2.31. The topological polar surface area (TPSA) is 69.4 Å². The fourth-order valence-electron chi connectivity index (χ4n) is 3.50. The van der Waals surface area contributed by atoms with Gasteiger partial charge in [0.25, 0.3) is 0 Å². The van der Waals surface area contributed by atoms with Crippen LogP contribution in [-0.2, 0) is 17.8 Å². The standard InChI is InChI=1S/C19H28N4O3/c1-5-22-15-7-6-10-20-16(15)23(17(22)24)13-14-8-11-21(12-9-14)18(25)26-19(2,3)4/h6-7,10,14H,5,8-9,11-13H2,1-4H3. The summed E-state index contributed by atoms with van der Waals surface area (Å²) in [5.74, 6) is 0.351. The summed E-state index contributed by atoms with van der Waals surface area (Å²) in [4.78, 5) is 31.1. The third-order valence-corrected chi connectivity index (χ3v) is 4.80. The highest BCUT2D eigenvalue weighted by molar-refractivity contribution is 5.71. The van der Waals surface area contributed by atoms with Crippen molar-refractivity contribution in [2.75, 3.05) is 13.1 Å². The first-order valence-electron chi connectivity index (χ1n) is 9.32. The Balaban J connectivity index is 1.69. The van der Waals surface area contributed by atoms with Crippen molar-refractivity contribution >= 4 is 17.3 Å². The maximum Gasteiger partial charge on any atom is 0.410 e. The number of aryl methyl sites for hydroxylation is 1. The van der Waals surface area contributed by atoms with Gasteiger partial charge in [-0.05, 0) is 58.6 Å². The van der Waals surface area contributed by atoms with Crippen LogP contribution in [0.3, 0.4) is 0 Å². The molecule has 1 aliphatic rings. The second kappa shape index (κ2) is 7.13. The Morgan fingerprint density at radius 3 is 2.58 bits per heavy atom. The molecule has 2 aromatic heterocycles. The van der Waals surface area contributed by atoms with E-state index in [1.165, 1.54) is 0 Å². The first-order chi connectivity index (χ1) is 12.3. The molecule has 0 N–H and O–H groups in total. The third-order valence-electron chi connectivity index (χ3n) is 4.80. The molecule has 0 spiro atoms. The second-order valence-electron chi connectivity index (χ2n) is 7.89. The van der Waals surface area contributed by atoms with E-state index in [1.807, 2.05) is 39.8 Å². The number of fused-ring (bicyclic) bond motifs is 1. The van der Waals surface area contributed by atoms with Gasteiger partial charge in [0.15, 0.2) is 5.65 Å². The summed E-state index contributed by atoms with van der Waals surface area (Å²) in [6, 6.07) is 3.80. The maximum absolute atomic E-state index is 12.7. The lowest BCUT2D eigenvalue weighted by atomic mass is 9.97. The molecule has 142 valence electrons. The number of ether oxygens (including phenoxy) is 1. The summed E-state index contributed by atoms with van der Waals surface area (Å²) >= 11 is 0. The number of imidazole rings is 1. The van der Waals surface area contributed by atoms with Crippen molar-refractivity contribution < 1.29 is 9.53 Å². The van der Waals surface area contributed by atoms with Crippen LogP contribution in [0.4, 0.5) is 4.79 Å². The number of aromatic nitrogens is 3. The Kier molecular flexibility index (Phi) is 5.07. The molecule has 0 atom stereocenters. The average Bonchev–Trinajstić information content (AvgIpc) is 2.85. The van der Waals surface area contributed by atoms with Crippen molar-refractivity contribution in [3.8, 4) is 0 Å². The normalized spacial score (nSPS) is 16.2. The van der Waals surface area contributed by atoms with Gasteiger partial charge >= 0.3 is 11.8 Å². The number of nitrogens with zero attached hydrogens (tertiary/aromatic N) is 4. The van der Waals surface area contributed by atoms with E-state index >= 15 is 0 Å². The van der Waals surface area contributed by atoms with Crippen molar-refractivity contribution in [2.45, 2.75) is 59.2 Å². The zero-order valence-corrected chi connectivity index (χ0v) is 16.1. The van der Waals surface area contributed by atoms with Gasteiger partial charge in [0.1, 0.15) is 5.60 Å². The van der Waals surface area contributed by atoms with Gasteiger partial charge < -0.3 is 9.64 Å². The summed E-state index contributed by atoms with van der Waals surface area (Å²) in [6.45, 7) is 10.2. The number of hydrogen-bond donors (Lipinski definition) is 0. The van der Waals surface area contributed by atoms with Gasteiger partial charge in [-0.25, -0.2) is 14.6 Å². The smallest absolute Gasteiger partial charge is 0.410 e. The Labute approximate surface area is 153 Å². The fraction of sp³-hybridized carbons (Fsp3) is 0.632. The molecule has 1 aliphatic heterocycles. The molecule has 7 heteroatoms. The number of hydrogen-bond acceptors (Lipinski definition) is 4. The molecule has 0 unspecified atom stereocenters. The monoisotopic (exact) mass is 360 g/mol. The Morgan fingerprint density at radius 1 is 1.27 bits per heavy atom. The van der Waals surface area contributed by atoms with Crippen molar-refractivity contribution in [1.29, 1.82) is 0 Å². The number of pyridine rings is 1. The van der Waals surface area contributed by atoms with Crippen molar-refractivity contribution in [2.24, 2.45) is 5.92 Å². The van der Waals surface area contributed by atoms with Crippen LogP contribution in [0.5, 0.6) is 0 Å². The lowest BCUT2D eigenvalue weighted by Crippen LogP contribution is -2.42. The molecular formula is C19H28N4O3. The van der Waals surface area contributed by atoms with E-state index in [9.17, 15) is 9.59 Å². The molecule has 7 nitrogen and oxygen atoms in total. The predicted octanol–water partition coefficient (Wildman–Crippen LogP) is 2.87. The average molecular weight is 360 g/mol. The minimum Gasteiger partial charge on any atom is -0.444 e. The number of amides is 1. The van der Waals surface area contributed by atoms with Crippen LogP contribution >= 0.6 is 0 Å². The van der Waals surface area contributed by atoms with Gasteiger partial charge in [-0.15, -0.1) is 0 Å². The van der Waals surface area contributed by atoms with Gasteiger partial charge in [0.05, 0.1) is 5.52 Å². The van der Waals surface area contributed by atoms with E-state index in [4.69, 9.17) is 4.74 Å². The first kappa shape index (κ1) is 18.5. The highest BCUT2D eigenvalue weighted by Gasteiger charge is 2.28. The molecule has 0 saturated carbocycles. The van der Waals surface area contributed by atoms with Crippen LogP contribution < -0.4 is 5.69 Å². The second-order valence-corrected chi connectivity index (χ2v) is 7.89. The van der Waals surface area contributed by atoms with Crippen molar-refractivity contribution in [3.05, 3.63) is 28.8 Å². The summed E-state index contributed by atoms with van der Waals surface area (Å²) in [6.07, 6.45) is 3.19. The zero-order chi connectivity index (χ0) is 18.9. The van der Waals surface area contributed by atoms with Gasteiger partial charge in [0, 0.05) is 32.4 Å². The van der Waals surface area contributed by atoms with Gasteiger partial charge in [-0.3, -0.25) is 9.13 Å². The Bertz CT molecular complexity index is 839. The van der Waals surface area contributed by atoms with Crippen LogP contribution in [0, 0.1) is 5.92 Å². The third kappa shape index (κ3) is 3.76. The summed E-state index contributed by atoms with van der Waals surface area (Å²) in [7, 11) is 0. The number of rotatable bonds is 3. The largest absolute Gasteiger partial charge is 0.444 e. The summed E-state index contributed by atoms with van der Waals surface area (Å²) in [5, 5.41) is 0. The van der Waals surface area contributed by atoms with Crippen molar-refractivity contribution in [3.63, 3.8) is 0 Å². The van der Waals surface area contributed by atoms with Crippen LogP contribution in [0.1, 0.15) is 40.5 Å². The molecule has 0 aromatic carbocycles. The summed E-state index contributed by atoms with van der Waals surface area (Å²) < 4.78 is 8.99. The number of piperidine rings is 1. The predicted molar refractivity (Wildman–Crippen MR) is 100 cm³/mol. The van der Waals surface area contributed by atoms with E-state index in [1.54, 1.807) is 20.2 Å². The Morgan fingerprint density at radius 2 is 1.96 bits per heavy atom. The molecular weight excluding hydrogens is 332 g/mol.